The number of hydrogen-bond donors (Lipinski definition) is 2. The van der Waals surface area contributed by atoms with Gasteiger partial charge in [-0.25, -0.2) is 4.79 Å². The predicted molar refractivity (Wildman–Crippen MR) is 48.0 cm³/mol. The average Bonchev–Trinajstić information content (AvgIpc) is 1.81. The third-order valence-electron chi connectivity index (χ3n) is 0.819. The molecule has 1 amide bonds. The van der Waals surface area contributed by atoms with Crippen LogP contribution in [0.15, 0.2) is 5.16 Å². The predicted octanol–water partition coefficient (Wildman–Crippen LogP) is 0.387. The van der Waals surface area contributed by atoms with Crippen LogP contribution >= 0.6 is 0 Å². The first-order valence-corrected chi connectivity index (χ1v) is 3.72. The first kappa shape index (κ1) is 11.5. The summed E-state index contributed by atoms with van der Waals surface area (Å²) >= 11 is 0. The summed E-state index contributed by atoms with van der Waals surface area (Å²) in [6.45, 7) is 5.24. The molecule has 13 heavy (non-hydrogen) atoms. The number of ether oxygens (including phenoxy) is 1. The fraction of sp³-hybridized carbons (Fsp3) is 0.714. The van der Waals surface area contributed by atoms with E-state index in [9.17, 15) is 4.79 Å². The van der Waals surface area contributed by atoms with Crippen LogP contribution in [0, 0.1) is 0 Å². The van der Waals surface area contributed by atoms with Gasteiger partial charge in [0.1, 0.15) is 12.7 Å². The number of hydrogen-bond acceptors (Lipinski definition) is 4. The van der Waals surface area contributed by atoms with Gasteiger partial charge >= 0.3 is 6.09 Å². The molecule has 0 aliphatic heterocycles. The molecule has 0 radical (unpaired) electrons. The second-order valence-corrected chi connectivity index (χ2v) is 3.29. The van der Waals surface area contributed by atoms with Crippen LogP contribution in [-0.4, -0.2) is 24.8 Å². The van der Waals surface area contributed by atoms with E-state index in [1.165, 1.54) is 7.11 Å². The summed E-state index contributed by atoms with van der Waals surface area (Å²) < 4.78 is 4.89. The second kappa shape index (κ2) is 4.54. The Bertz CT molecular complexity index is 208. The van der Waals surface area contributed by atoms with Crippen LogP contribution in [0.1, 0.15) is 20.8 Å². The lowest BCUT2D eigenvalue weighted by molar-refractivity contribution is 0.0559. The van der Waals surface area contributed by atoms with Crippen LogP contribution in [0.2, 0.25) is 0 Å². The molecular formula is C7H15N3O3. The molecular weight excluding hydrogens is 174 g/mol. The summed E-state index contributed by atoms with van der Waals surface area (Å²) in [7, 11) is 1.32. The summed E-state index contributed by atoms with van der Waals surface area (Å²) in [6, 6.07) is 0. The molecule has 0 aromatic rings. The van der Waals surface area contributed by atoms with Crippen molar-refractivity contribution in [3.05, 3.63) is 0 Å². The molecule has 6 nitrogen and oxygen atoms in total. The molecule has 0 saturated heterocycles. The van der Waals surface area contributed by atoms with Crippen molar-refractivity contribution in [1.29, 1.82) is 0 Å². The molecule has 0 bridgehead atoms. The second-order valence-electron chi connectivity index (χ2n) is 3.29. The quantitative estimate of drug-likeness (QED) is 0.355. The normalized spacial score (nSPS) is 12.2. The standard InChI is InChI=1S/C7H15N3O3/c1-7(2,3)13-6(11)9-5(8)10-12-4/h1-4H3,(H3,8,9,10,11). The molecule has 0 atom stereocenters. The minimum atomic E-state index is -0.661. The maximum atomic E-state index is 11.0. The van der Waals surface area contributed by atoms with E-state index in [4.69, 9.17) is 10.5 Å². The highest BCUT2D eigenvalue weighted by molar-refractivity contribution is 5.92. The Balaban J connectivity index is 3.96. The van der Waals surface area contributed by atoms with Gasteiger partial charge in [0.05, 0.1) is 0 Å². The van der Waals surface area contributed by atoms with Crippen LogP contribution in [0.5, 0.6) is 0 Å². The Hall–Kier alpha value is -1.46. The Kier molecular flexibility index (Phi) is 4.03. The highest BCUT2D eigenvalue weighted by Gasteiger charge is 2.16. The molecule has 0 aromatic heterocycles. The van der Waals surface area contributed by atoms with Gasteiger partial charge in [-0.3, -0.25) is 5.32 Å². The third kappa shape index (κ3) is 6.92. The molecule has 0 aliphatic rings. The number of nitrogens with one attached hydrogen (secondary N) is 1. The van der Waals surface area contributed by atoms with E-state index >= 15 is 0 Å². The van der Waals surface area contributed by atoms with E-state index in [0.717, 1.165) is 0 Å². The number of oxime groups is 1. The largest absolute Gasteiger partial charge is 0.444 e. The van der Waals surface area contributed by atoms with Crippen LogP contribution in [-0.2, 0) is 9.57 Å². The van der Waals surface area contributed by atoms with Crippen molar-refractivity contribution in [2.24, 2.45) is 10.9 Å². The van der Waals surface area contributed by atoms with Crippen LogP contribution in [0.25, 0.3) is 0 Å². The summed E-state index contributed by atoms with van der Waals surface area (Å²) in [5, 5.41) is 5.46. The average molecular weight is 189 g/mol. The summed E-state index contributed by atoms with van der Waals surface area (Å²) in [6.07, 6.45) is -0.661. The lowest BCUT2D eigenvalue weighted by Crippen LogP contribution is -2.40. The fourth-order valence-electron chi connectivity index (χ4n) is 0.529. The van der Waals surface area contributed by atoms with Crippen molar-refractivity contribution < 1.29 is 14.4 Å². The van der Waals surface area contributed by atoms with Gasteiger partial charge in [-0.15, -0.1) is 0 Å². The number of guanidine groups is 1. The monoisotopic (exact) mass is 189 g/mol. The molecule has 6 heteroatoms. The third-order valence-corrected chi connectivity index (χ3v) is 0.819. The number of rotatable bonds is 1. The van der Waals surface area contributed by atoms with Crippen molar-refractivity contribution >= 4 is 12.1 Å². The first-order valence-electron chi connectivity index (χ1n) is 3.72. The SMILES string of the molecule is CON=C(N)NC(=O)OC(C)(C)C. The van der Waals surface area contributed by atoms with Gasteiger partial charge in [-0.2, -0.15) is 0 Å². The first-order chi connectivity index (χ1) is 5.85. The van der Waals surface area contributed by atoms with E-state index in [-0.39, 0.29) is 5.96 Å². The number of nitrogens with zero attached hydrogens (tertiary/aromatic N) is 1. The van der Waals surface area contributed by atoms with Gasteiger partial charge in [0.2, 0.25) is 5.96 Å². The van der Waals surface area contributed by atoms with Crippen LogP contribution in [0.3, 0.4) is 0 Å². The van der Waals surface area contributed by atoms with Gasteiger partial charge in [-0.1, -0.05) is 0 Å². The number of carbonyl (C=O) groups excluding carboxylic acids is 1. The Labute approximate surface area is 77.1 Å². The Morgan fingerprint density at radius 2 is 2.00 bits per heavy atom. The van der Waals surface area contributed by atoms with Crippen molar-refractivity contribution in [3.8, 4) is 0 Å². The molecule has 0 aliphatic carbocycles. The maximum absolute atomic E-state index is 11.0. The molecule has 0 fully saturated rings. The smallest absolute Gasteiger partial charge is 0.414 e. The molecule has 0 rings (SSSR count). The molecule has 0 heterocycles. The van der Waals surface area contributed by atoms with Crippen molar-refractivity contribution in [2.75, 3.05) is 7.11 Å². The van der Waals surface area contributed by atoms with Gasteiger partial charge in [0.15, 0.2) is 0 Å². The van der Waals surface area contributed by atoms with E-state index in [2.05, 4.69) is 15.3 Å². The summed E-state index contributed by atoms with van der Waals surface area (Å²) in [5.74, 6) is -0.142. The minimum Gasteiger partial charge on any atom is -0.444 e. The van der Waals surface area contributed by atoms with Crippen molar-refractivity contribution in [1.82, 2.24) is 5.32 Å². The zero-order valence-corrected chi connectivity index (χ0v) is 8.25. The number of amides is 1. The van der Waals surface area contributed by atoms with E-state index in [0.29, 0.717) is 0 Å². The number of carbonyl (C=O) groups is 1. The van der Waals surface area contributed by atoms with Crippen LogP contribution in [0.4, 0.5) is 4.79 Å². The van der Waals surface area contributed by atoms with Crippen molar-refractivity contribution in [3.63, 3.8) is 0 Å². The van der Waals surface area contributed by atoms with E-state index in [1.54, 1.807) is 20.8 Å². The lowest BCUT2D eigenvalue weighted by Gasteiger charge is -2.19. The number of nitrogens with two attached hydrogens (primary N) is 1. The van der Waals surface area contributed by atoms with Crippen LogP contribution < -0.4 is 11.1 Å². The van der Waals surface area contributed by atoms with E-state index < -0.39 is 11.7 Å². The zero-order chi connectivity index (χ0) is 10.5. The van der Waals surface area contributed by atoms with Crippen molar-refractivity contribution in [2.45, 2.75) is 26.4 Å². The highest BCUT2D eigenvalue weighted by Crippen LogP contribution is 2.05. The Morgan fingerprint density at radius 3 is 2.38 bits per heavy atom. The molecule has 0 spiro atoms. The zero-order valence-electron chi connectivity index (χ0n) is 8.25. The van der Waals surface area contributed by atoms with Gasteiger partial charge < -0.3 is 15.3 Å². The van der Waals surface area contributed by atoms with Gasteiger partial charge in [0, 0.05) is 0 Å². The fourth-order valence-corrected chi connectivity index (χ4v) is 0.529. The van der Waals surface area contributed by atoms with Gasteiger partial charge in [0.25, 0.3) is 0 Å². The van der Waals surface area contributed by atoms with E-state index in [1.807, 2.05) is 0 Å². The maximum Gasteiger partial charge on any atom is 0.414 e. The summed E-state index contributed by atoms with van der Waals surface area (Å²) in [5.41, 5.74) is 4.66. The molecule has 76 valence electrons. The Morgan fingerprint density at radius 1 is 1.46 bits per heavy atom. The molecule has 0 unspecified atom stereocenters. The molecule has 0 aromatic carbocycles. The summed E-state index contributed by atoms with van der Waals surface area (Å²) in [4.78, 5) is 15.3. The highest BCUT2D eigenvalue weighted by atomic mass is 16.6. The van der Waals surface area contributed by atoms with Gasteiger partial charge in [-0.05, 0) is 25.9 Å². The topological polar surface area (TPSA) is 85.9 Å². The minimum absolute atomic E-state index is 0.142. The molecule has 3 N–H and O–H groups in total. The number of alkyl carbamates (subject to hydrolysis) is 1. The molecule has 0 saturated carbocycles. The lowest BCUT2D eigenvalue weighted by atomic mass is 10.2.